The smallest absolute Gasteiger partial charge is 0.419 e. The minimum Gasteiger partial charge on any atom is -0.464 e. The molecule has 5 nitrogen and oxygen atoms in total. The van der Waals surface area contributed by atoms with Crippen molar-refractivity contribution in [3.8, 4) is 0 Å². The van der Waals surface area contributed by atoms with Gasteiger partial charge in [0.2, 0.25) is 0 Å². The first-order valence-corrected chi connectivity index (χ1v) is 6.36. The lowest BCUT2D eigenvalue weighted by molar-refractivity contribution is 0.0489. The highest BCUT2D eigenvalue weighted by Crippen LogP contribution is 2.24. The monoisotopic (exact) mass is 293 g/mol. The molecule has 2 aromatic rings. The van der Waals surface area contributed by atoms with E-state index in [0.29, 0.717) is 5.39 Å². The van der Waals surface area contributed by atoms with Crippen molar-refractivity contribution in [3.63, 3.8) is 0 Å². The van der Waals surface area contributed by atoms with Crippen molar-refractivity contribution in [2.75, 3.05) is 7.11 Å². The van der Waals surface area contributed by atoms with Crippen LogP contribution in [0.4, 0.5) is 9.18 Å². The molecule has 0 amide bonds. The highest BCUT2D eigenvalue weighted by molar-refractivity contribution is 6.01. The molecule has 112 valence electrons. The summed E-state index contributed by atoms with van der Waals surface area (Å²) in [5.74, 6) is -1.36. The Bertz CT molecular complexity index is 712. The lowest BCUT2D eigenvalue weighted by Gasteiger charge is -2.20. The summed E-state index contributed by atoms with van der Waals surface area (Å²) in [7, 11) is 1.19. The van der Waals surface area contributed by atoms with Crippen LogP contribution >= 0.6 is 0 Å². The number of carbonyl (C=O) groups excluding carboxylic acids is 2. The first kappa shape index (κ1) is 15.0. The van der Waals surface area contributed by atoms with E-state index in [1.807, 2.05) is 0 Å². The minimum atomic E-state index is -0.831. The van der Waals surface area contributed by atoms with E-state index in [-0.39, 0.29) is 11.2 Å². The molecule has 0 aliphatic rings. The number of ether oxygens (including phenoxy) is 2. The average Bonchev–Trinajstić information content (AvgIpc) is 2.76. The number of esters is 1. The number of halogens is 1. The molecule has 0 aliphatic heterocycles. The molecule has 1 aromatic carbocycles. The van der Waals surface area contributed by atoms with Gasteiger partial charge in [-0.3, -0.25) is 0 Å². The number of rotatable bonds is 1. The molecule has 1 heterocycles. The van der Waals surface area contributed by atoms with E-state index in [9.17, 15) is 14.0 Å². The summed E-state index contributed by atoms with van der Waals surface area (Å²) < 4.78 is 24.8. The van der Waals surface area contributed by atoms with Gasteiger partial charge in [-0.1, -0.05) is 12.1 Å². The predicted octanol–water partition coefficient (Wildman–Crippen LogP) is 3.35. The molecule has 0 radical (unpaired) electrons. The fraction of sp³-hybridized carbons (Fsp3) is 0.333. The van der Waals surface area contributed by atoms with Gasteiger partial charge in [0, 0.05) is 5.39 Å². The molecule has 0 spiro atoms. The van der Waals surface area contributed by atoms with Crippen LogP contribution in [0.1, 0.15) is 31.3 Å². The summed E-state index contributed by atoms with van der Waals surface area (Å²) in [6, 6.07) is 5.71. The fourth-order valence-corrected chi connectivity index (χ4v) is 1.97. The number of hydrogen-bond acceptors (Lipinski definition) is 4. The van der Waals surface area contributed by atoms with Crippen molar-refractivity contribution in [1.82, 2.24) is 4.57 Å². The van der Waals surface area contributed by atoms with E-state index in [0.717, 1.165) is 4.57 Å². The van der Waals surface area contributed by atoms with Crippen LogP contribution in [-0.2, 0) is 9.47 Å². The maximum absolute atomic E-state index is 14.0. The molecule has 0 saturated carbocycles. The van der Waals surface area contributed by atoms with Gasteiger partial charge in [-0.2, -0.15) is 0 Å². The zero-order chi connectivity index (χ0) is 15.8. The third-order valence-corrected chi connectivity index (χ3v) is 2.75. The quantitative estimate of drug-likeness (QED) is 0.757. The van der Waals surface area contributed by atoms with Crippen molar-refractivity contribution < 1.29 is 23.5 Å². The fourth-order valence-electron chi connectivity index (χ4n) is 1.97. The maximum Gasteiger partial charge on any atom is 0.419 e. The second kappa shape index (κ2) is 5.20. The van der Waals surface area contributed by atoms with Crippen molar-refractivity contribution in [1.29, 1.82) is 0 Å². The summed E-state index contributed by atoms with van der Waals surface area (Å²) in [6.07, 6.45) is -0.831. The zero-order valence-corrected chi connectivity index (χ0v) is 12.3. The van der Waals surface area contributed by atoms with Gasteiger partial charge in [-0.15, -0.1) is 0 Å². The van der Waals surface area contributed by atoms with Crippen molar-refractivity contribution in [2.45, 2.75) is 26.4 Å². The summed E-state index contributed by atoms with van der Waals surface area (Å²) in [6.45, 7) is 5.06. The van der Waals surface area contributed by atoms with Crippen LogP contribution in [0, 0.1) is 5.82 Å². The number of benzene rings is 1. The van der Waals surface area contributed by atoms with E-state index >= 15 is 0 Å². The molecule has 0 bridgehead atoms. The molecule has 21 heavy (non-hydrogen) atoms. The Hall–Kier alpha value is -2.37. The second-order valence-electron chi connectivity index (χ2n) is 5.51. The topological polar surface area (TPSA) is 57.5 Å². The van der Waals surface area contributed by atoms with Gasteiger partial charge < -0.3 is 9.47 Å². The Balaban J connectivity index is 2.68. The van der Waals surface area contributed by atoms with Crippen LogP contribution in [0.25, 0.3) is 10.9 Å². The summed E-state index contributed by atoms with van der Waals surface area (Å²) >= 11 is 0. The van der Waals surface area contributed by atoms with Gasteiger partial charge in [0.25, 0.3) is 0 Å². The summed E-state index contributed by atoms with van der Waals surface area (Å²) in [4.78, 5) is 24.1. The number of para-hydroxylation sites is 1. The second-order valence-corrected chi connectivity index (χ2v) is 5.51. The molecule has 1 aromatic heterocycles. The number of nitrogens with zero attached hydrogens (tertiary/aromatic N) is 1. The van der Waals surface area contributed by atoms with Gasteiger partial charge in [0.15, 0.2) is 0 Å². The van der Waals surface area contributed by atoms with Gasteiger partial charge in [0.05, 0.1) is 12.6 Å². The highest BCUT2D eigenvalue weighted by atomic mass is 19.1. The zero-order valence-electron chi connectivity index (χ0n) is 12.3. The Morgan fingerprint density at radius 3 is 2.48 bits per heavy atom. The molecular weight excluding hydrogens is 277 g/mol. The first-order chi connectivity index (χ1) is 9.74. The molecule has 0 atom stereocenters. The Morgan fingerprint density at radius 1 is 1.24 bits per heavy atom. The molecule has 6 heteroatoms. The molecule has 0 unspecified atom stereocenters. The Labute approximate surface area is 121 Å². The van der Waals surface area contributed by atoms with Crippen molar-refractivity contribution >= 4 is 23.0 Å². The number of aromatic nitrogens is 1. The lowest BCUT2D eigenvalue weighted by atomic mass is 10.2. The van der Waals surface area contributed by atoms with Gasteiger partial charge >= 0.3 is 12.1 Å². The minimum absolute atomic E-state index is 0.00727. The third kappa shape index (κ3) is 2.89. The number of hydrogen-bond donors (Lipinski definition) is 0. The normalized spacial score (nSPS) is 11.5. The van der Waals surface area contributed by atoms with Crippen LogP contribution in [-0.4, -0.2) is 29.3 Å². The third-order valence-electron chi connectivity index (χ3n) is 2.75. The van der Waals surface area contributed by atoms with Gasteiger partial charge in [-0.25, -0.2) is 18.5 Å². The van der Waals surface area contributed by atoms with E-state index in [1.165, 1.54) is 25.3 Å². The van der Waals surface area contributed by atoms with Crippen LogP contribution in [0.15, 0.2) is 24.3 Å². The SMILES string of the molecule is COC(=O)c1cc2cccc(F)c2n1C(=O)OC(C)(C)C. The molecule has 0 N–H and O–H groups in total. The van der Waals surface area contributed by atoms with Gasteiger partial charge in [-0.05, 0) is 32.9 Å². The number of methoxy groups -OCH3 is 1. The molecule has 0 fully saturated rings. The predicted molar refractivity (Wildman–Crippen MR) is 74.9 cm³/mol. The van der Waals surface area contributed by atoms with Crippen LogP contribution < -0.4 is 0 Å². The standard InChI is InChI=1S/C15H16FNO4/c1-15(2,3)21-14(19)17-11(13(18)20-4)8-9-6-5-7-10(16)12(9)17/h5-8H,1-4H3. The molecule has 0 saturated heterocycles. The summed E-state index contributed by atoms with van der Waals surface area (Å²) in [5, 5.41) is 0.418. The Morgan fingerprint density at radius 2 is 1.90 bits per heavy atom. The Kier molecular flexibility index (Phi) is 3.72. The largest absolute Gasteiger partial charge is 0.464 e. The van der Waals surface area contributed by atoms with Crippen molar-refractivity contribution in [2.24, 2.45) is 0 Å². The van der Waals surface area contributed by atoms with Gasteiger partial charge in [0.1, 0.15) is 17.1 Å². The number of carbonyl (C=O) groups is 2. The van der Waals surface area contributed by atoms with E-state index in [2.05, 4.69) is 4.74 Å². The highest BCUT2D eigenvalue weighted by Gasteiger charge is 2.26. The number of fused-ring (bicyclic) bond motifs is 1. The summed E-state index contributed by atoms with van der Waals surface area (Å²) in [5.41, 5.74) is -0.856. The van der Waals surface area contributed by atoms with E-state index in [1.54, 1.807) is 26.8 Å². The maximum atomic E-state index is 14.0. The molecular formula is C15H16FNO4. The van der Waals surface area contributed by atoms with Crippen molar-refractivity contribution in [3.05, 3.63) is 35.8 Å². The average molecular weight is 293 g/mol. The van der Waals surface area contributed by atoms with E-state index in [4.69, 9.17) is 4.74 Å². The molecule has 0 aliphatic carbocycles. The van der Waals surface area contributed by atoms with E-state index < -0.39 is 23.5 Å². The lowest BCUT2D eigenvalue weighted by Crippen LogP contribution is -2.29. The van der Waals surface area contributed by atoms with Crippen LogP contribution in [0.2, 0.25) is 0 Å². The molecule has 2 rings (SSSR count). The first-order valence-electron chi connectivity index (χ1n) is 6.36. The van der Waals surface area contributed by atoms with Crippen LogP contribution in [0.5, 0.6) is 0 Å². The van der Waals surface area contributed by atoms with Crippen LogP contribution in [0.3, 0.4) is 0 Å².